The van der Waals surface area contributed by atoms with Crippen LogP contribution in [0.4, 0.5) is 0 Å². The van der Waals surface area contributed by atoms with Gasteiger partial charge in [0.05, 0.1) is 12.7 Å². The minimum atomic E-state index is -1.14. The molecule has 0 saturated heterocycles. The number of aliphatic carboxylic acids is 1. The normalized spacial score (nSPS) is 9.73. The predicted molar refractivity (Wildman–Crippen MR) is 59.0 cm³/mol. The molecule has 80 valence electrons. The molecule has 1 aromatic rings. The summed E-state index contributed by atoms with van der Waals surface area (Å²) in [6, 6.07) is 2.78. The number of carboxylic acids is 1. The zero-order valence-electron chi connectivity index (χ0n) is 7.95. The van der Waals surface area contributed by atoms with Gasteiger partial charge >= 0.3 is 5.97 Å². The standard InChI is InChI=1S/C10H9BrO4/c1-5(10(13)14)6-3-8(12)9(15-2)4-7(6)11/h3-4,12H,1H2,2H3,(H,13,14). The van der Waals surface area contributed by atoms with E-state index in [-0.39, 0.29) is 17.1 Å². The first-order valence-electron chi connectivity index (χ1n) is 3.96. The summed E-state index contributed by atoms with van der Waals surface area (Å²) in [6.45, 7) is 3.40. The van der Waals surface area contributed by atoms with Gasteiger partial charge in [-0.2, -0.15) is 0 Å². The first-order chi connectivity index (χ1) is 6.97. The average Bonchev–Trinajstić information content (AvgIpc) is 2.19. The van der Waals surface area contributed by atoms with E-state index in [1.165, 1.54) is 19.2 Å². The monoisotopic (exact) mass is 272 g/mol. The lowest BCUT2D eigenvalue weighted by atomic mass is 10.1. The van der Waals surface area contributed by atoms with Crippen LogP contribution in [0.1, 0.15) is 5.56 Å². The first kappa shape index (κ1) is 11.6. The second kappa shape index (κ2) is 4.35. The van der Waals surface area contributed by atoms with Crippen LogP contribution in [0.3, 0.4) is 0 Å². The van der Waals surface area contributed by atoms with Crippen LogP contribution >= 0.6 is 15.9 Å². The SMILES string of the molecule is C=C(C(=O)O)c1cc(O)c(OC)cc1Br. The van der Waals surface area contributed by atoms with Crippen molar-refractivity contribution in [2.45, 2.75) is 0 Å². The number of carboxylic acid groups (broad SMARTS) is 1. The van der Waals surface area contributed by atoms with Crippen molar-refractivity contribution < 1.29 is 19.7 Å². The molecule has 0 radical (unpaired) electrons. The molecular weight excluding hydrogens is 264 g/mol. The molecule has 0 unspecified atom stereocenters. The van der Waals surface area contributed by atoms with Crippen LogP contribution in [-0.2, 0) is 4.79 Å². The lowest BCUT2D eigenvalue weighted by molar-refractivity contribution is -0.130. The Balaban J connectivity index is 3.28. The zero-order valence-corrected chi connectivity index (χ0v) is 9.54. The van der Waals surface area contributed by atoms with Crippen molar-refractivity contribution in [3.8, 4) is 11.5 Å². The van der Waals surface area contributed by atoms with Crippen LogP contribution in [0, 0.1) is 0 Å². The Bertz CT molecular complexity index is 426. The number of phenolic OH excluding ortho intramolecular Hbond substituents is 1. The molecule has 2 N–H and O–H groups in total. The zero-order chi connectivity index (χ0) is 11.6. The van der Waals surface area contributed by atoms with Crippen LogP contribution in [-0.4, -0.2) is 23.3 Å². The summed E-state index contributed by atoms with van der Waals surface area (Å²) in [7, 11) is 1.41. The molecule has 0 spiro atoms. The summed E-state index contributed by atoms with van der Waals surface area (Å²) < 4.78 is 5.37. The van der Waals surface area contributed by atoms with E-state index in [4.69, 9.17) is 9.84 Å². The van der Waals surface area contributed by atoms with Gasteiger partial charge in [0.15, 0.2) is 11.5 Å². The molecule has 4 nitrogen and oxygen atoms in total. The van der Waals surface area contributed by atoms with Gasteiger partial charge in [-0.1, -0.05) is 22.5 Å². The maximum atomic E-state index is 10.7. The summed E-state index contributed by atoms with van der Waals surface area (Å²) >= 11 is 3.18. The molecule has 0 aliphatic rings. The summed E-state index contributed by atoms with van der Waals surface area (Å²) in [4.78, 5) is 10.7. The summed E-state index contributed by atoms with van der Waals surface area (Å²) in [5, 5.41) is 18.2. The second-order valence-electron chi connectivity index (χ2n) is 2.79. The molecule has 1 aromatic carbocycles. The van der Waals surface area contributed by atoms with Crippen molar-refractivity contribution in [2.24, 2.45) is 0 Å². The van der Waals surface area contributed by atoms with Crippen LogP contribution in [0.25, 0.3) is 5.57 Å². The highest BCUT2D eigenvalue weighted by Crippen LogP contribution is 2.35. The summed E-state index contributed by atoms with van der Waals surface area (Å²) in [5.41, 5.74) is 0.223. The highest BCUT2D eigenvalue weighted by atomic mass is 79.9. The molecule has 5 heteroatoms. The Kier molecular flexibility index (Phi) is 3.36. The van der Waals surface area contributed by atoms with Gasteiger partial charge in [0.25, 0.3) is 0 Å². The molecule has 0 heterocycles. The highest BCUT2D eigenvalue weighted by molar-refractivity contribution is 9.10. The van der Waals surface area contributed by atoms with Crippen molar-refractivity contribution in [3.63, 3.8) is 0 Å². The topological polar surface area (TPSA) is 66.8 Å². The van der Waals surface area contributed by atoms with E-state index in [0.717, 1.165) is 0 Å². The third-order valence-corrected chi connectivity index (χ3v) is 2.51. The Morgan fingerprint density at radius 1 is 1.53 bits per heavy atom. The van der Waals surface area contributed by atoms with Gasteiger partial charge in [0.1, 0.15) is 0 Å². The minimum Gasteiger partial charge on any atom is -0.504 e. The van der Waals surface area contributed by atoms with Crippen LogP contribution in [0.5, 0.6) is 11.5 Å². The average molecular weight is 273 g/mol. The Morgan fingerprint density at radius 3 is 2.60 bits per heavy atom. The number of hydrogen-bond acceptors (Lipinski definition) is 3. The van der Waals surface area contributed by atoms with E-state index in [9.17, 15) is 9.90 Å². The van der Waals surface area contributed by atoms with E-state index < -0.39 is 5.97 Å². The summed E-state index contributed by atoms with van der Waals surface area (Å²) in [5.74, 6) is -0.998. The molecular formula is C10H9BrO4. The van der Waals surface area contributed by atoms with E-state index in [0.29, 0.717) is 10.0 Å². The first-order valence-corrected chi connectivity index (χ1v) is 4.75. The van der Waals surface area contributed by atoms with E-state index in [1.807, 2.05) is 0 Å². The van der Waals surface area contributed by atoms with Gasteiger partial charge in [0.2, 0.25) is 0 Å². The Morgan fingerprint density at radius 2 is 2.13 bits per heavy atom. The molecule has 0 bridgehead atoms. The highest BCUT2D eigenvalue weighted by Gasteiger charge is 2.14. The number of phenols is 1. The Labute approximate surface area is 94.9 Å². The second-order valence-corrected chi connectivity index (χ2v) is 3.64. The number of aromatic hydroxyl groups is 1. The fourth-order valence-electron chi connectivity index (χ4n) is 1.05. The van der Waals surface area contributed by atoms with Gasteiger partial charge in [-0.25, -0.2) is 4.79 Å². The van der Waals surface area contributed by atoms with Crippen molar-refractivity contribution in [3.05, 3.63) is 28.7 Å². The number of ether oxygens (including phenoxy) is 1. The number of hydrogen-bond donors (Lipinski definition) is 2. The molecule has 15 heavy (non-hydrogen) atoms. The predicted octanol–water partition coefficient (Wildman–Crippen LogP) is 2.26. The fraction of sp³-hybridized carbons (Fsp3) is 0.100. The summed E-state index contributed by atoms with van der Waals surface area (Å²) in [6.07, 6.45) is 0. The van der Waals surface area contributed by atoms with Crippen LogP contribution in [0.2, 0.25) is 0 Å². The molecule has 0 atom stereocenters. The largest absolute Gasteiger partial charge is 0.504 e. The number of rotatable bonds is 3. The molecule has 0 saturated carbocycles. The van der Waals surface area contributed by atoms with Crippen molar-refractivity contribution >= 4 is 27.5 Å². The smallest absolute Gasteiger partial charge is 0.335 e. The number of carbonyl (C=O) groups is 1. The van der Waals surface area contributed by atoms with Crippen molar-refractivity contribution in [1.82, 2.24) is 0 Å². The quantitative estimate of drug-likeness (QED) is 0.829. The molecule has 0 aliphatic carbocycles. The van der Waals surface area contributed by atoms with E-state index in [1.54, 1.807) is 0 Å². The van der Waals surface area contributed by atoms with E-state index >= 15 is 0 Å². The number of halogens is 1. The van der Waals surface area contributed by atoms with Gasteiger partial charge in [0, 0.05) is 10.0 Å². The maximum absolute atomic E-state index is 10.7. The van der Waals surface area contributed by atoms with Crippen molar-refractivity contribution in [2.75, 3.05) is 7.11 Å². The van der Waals surface area contributed by atoms with Gasteiger partial charge in [-0.05, 0) is 12.1 Å². The third kappa shape index (κ3) is 2.30. The van der Waals surface area contributed by atoms with Gasteiger partial charge in [-0.15, -0.1) is 0 Å². The fourth-order valence-corrected chi connectivity index (χ4v) is 1.62. The molecule has 0 aliphatic heterocycles. The van der Waals surface area contributed by atoms with Crippen LogP contribution < -0.4 is 4.74 Å². The molecule has 0 aromatic heterocycles. The lowest BCUT2D eigenvalue weighted by Gasteiger charge is -2.08. The maximum Gasteiger partial charge on any atom is 0.335 e. The van der Waals surface area contributed by atoms with E-state index in [2.05, 4.69) is 22.5 Å². The lowest BCUT2D eigenvalue weighted by Crippen LogP contribution is -1.99. The van der Waals surface area contributed by atoms with Gasteiger partial charge in [-0.3, -0.25) is 0 Å². The van der Waals surface area contributed by atoms with Gasteiger partial charge < -0.3 is 14.9 Å². The number of methoxy groups -OCH3 is 1. The van der Waals surface area contributed by atoms with Crippen LogP contribution in [0.15, 0.2) is 23.2 Å². The Hall–Kier alpha value is -1.49. The minimum absolute atomic E-state index is 0.0974. The molecule has 1 rings (SSSR count). The number of benzene rings is 1. The molecule has 0 amide bonds. The molecule has 0 fully saturated rings. The third-order valence-electron chi connectivity index (χ3n) is 1.85. The van der Waals surface area contributed by atoms with Crippen molar-refractivity contribution in [1.29, 1.82) is 0 Å².